The zero-order valence-electron chi connectivity index (χ0n) is 13.3. The first kappa shape index (κ1) is 16.9. The number of aromatic nitrogens is 1. The van der Waals surface area contributed by atoms with Crippen molar-refractivity contribution in [3.63, 3.8) is 0 Å². The van der Waals surface area contributed by atoms with Crippen LogP contribution in [0.2, 0.25) is 0 Å². The lowest BCUT2D eigenvalue weighted by Gasteiger charge is -2.35. The van der Waals surface area contributed by atoms with Gasteiger partial charge < -0.3 is 0 Å². The van der Waals surface area contributed by atoms with Gasteiger partial charge in [0.2, 0.25) is 0 Å². The molecule has 0 spiro atoms. The molecular weight excluding hydrogens is 315 g/mol. The quantitative estimate of drug-likeness (QED) is 0.853. The monoisotopic (exact) mass is 335 g/mol. The van der Waals surface area contributed by atoms with Crippen molar-refractivity contribution in [2.24, 2.45) is 0 Å². The highest BCUT2D eigenvalue weighted by molar-refractivity contribution is 5.22. The van der Waals surface area contributed by atoms with Gasteiger partial charge in [-0.25, -0.2) is 0 Å². The Labute approximate surface area is 139 Å². The largest absolute Gasteiger partial charge is 0.433 e. The molecule has 0 unspecified atom stereocenters. The van der Waals surface area contributed by atoms with E-state index in [4.69, 9.17) is 0 Å². The Morgan fingerprint density at radius 1 is 0.833 bits per heavy atom. The molecule has 1 saturated heterocycles. The summed E-state index contributed by atoms with van der Waals surface area (Å²) in [6.07, 6.45) is -3.20. The molecule has 0 atom stereocenters. The van der Waals surface area contributed by atoms with E-state index in [9.17, 15) is 13.2 Å². The van der Waals surface area contributed by atoms with Crippen LogP contribution < -0.4 is 0 Å². The second-order valence-electron chi connectivity index (χ2n) is 6.05. The Morgan fingerprint density at radius 3 is 2.08 bits per heavy atom. The molecule has 0 radical (unpaired) electrons. The zero-order chi connectivity index (χ0) is 17.0. The molecule has 0 bridgehead atoms. The minimum atomic E-state index is -4.40. The minimum Gasteiger partial charge on any atom is -0.297 e. The third-order valence-corrected chi connectivity index (χ3v) is 4.27. The van der Waals surface area contributed by atoms with Crippen LogP contribution in [-0.4, -0.2) is 41.0 Å². The van der Waals surface area contributed by atoms with Gasteiger partial charge in [0.1, 0.15) is 5.69 Å². The van der Waals surface area contributed by atoms with E-state index in [-0.39, 0.29) is 5.56 Å². The van der Waals surface area contributed by atoms with Crippen molar-refractivity contribution in [1.29, 1.82) is 0 Å². The summed E-state index contributed by atoms with van der Waals surface area (Å²) in [6, 6.07) is 13.3. The van der Waals surface area contributed by atoms with Gasteiger partial charge in [-0.15, -0.1) is 0 Å². The molecule has 0 amide bonds. The van der Waals surface area contributed by atoms with Gasteiger partial charge in [-0.1, -0.05) is 36.4 Å². The van der Waals surface area contributed by atoms with Crippen LogP contribution in [0.25, 0.3) is 0 Å². The molecule has 2 heterocycles. The van der Waals surface area contributed by atoms with E-state index in [0.29, 0.717) is 6.54 Å². The predicted octanol–water partition coefficient (Wildman–Crippen LogP) is 3.42. The van der Waals surface area contributed by atoms with Crippen molar-refractivity contribution in [2.75, 3.05) is 26.2 Å². The first-order valence-electron chi connectivity index (χ1n) is 8.02. The fourth-order valence-electron chi connectivity index (χ4n) is 3.01. The van der Waals surface area contributed by atoms with Crippen molar-refractivity contribution < 1.29 is 13.2 Å². The molecule has 1 fully saturated rings. The van der Waals surface area contributed by atoms with Gasteiger partial charge in [0.25, 0.3) is 0 Å². The van der Waals surface area contributed by atoms with E-state index in [1.807, 2.05) is 18.2 Å². The third-order valence-electron chi connectivity index (χ3n) is 4.27. The molecule has 1 aromatic carbocycles. The molecular formula is C18H20F3N3. The number of alkyl halides is 3. The van der Waals surface area contributed by atoms with Crippen LogP contribution in [0, 0.1) is 0 Å². The van der Waals surface area contributed by atoms with Crippen LogP contribution in [0.4, 0.5) is 13.2 Å². The van der Waals surface area contributed by atoms with Crippen LogP contribution in [-0.2, 0) is 19.3 Å². The second kappa shape index (κ2) is 7.32. The summed E-state index contributed by atoms with van der Waals surface area (Å²) >= 11 is 0. The number of rotatable bonds is 4. The van der Waals surface area contributed by atoms with Crippen molar-refractivity contribution in [3.8, 4) is 0 Å². The molecule has 1 aliphatic rings. The summed E-state index contributed by atoms with van der Waals surface area (Å²) < 4.78 is 39.1. The maximum absolute atomic E-state index is 13.0. The SMILES string of the molecule is FC(F)(F)c1ncccc1CN1CCN(Cc2ccccc2)CC1. The van der Waals surface area contributed by atoms with Crippen LogP contribution in [0.5, 0.6) is 0 Å². The predicted molar refractivity (Wildman–Crippen MR) is 86.2 cm³/mol. The summed E-state index contributed by atoms with van der Waals surface area (Å²) in [6.45, 7) is 4.42. The van der Waals surface area contributed by atoms with Crippen LogP contribution in [0.1, 0.15) is 16.8 Å². The van der Waals surface area contributed by atoms with Crippen LogP contribution in [0.15, 0.2) is 48.7 Å². The first-order chi connectivity index (χ1) is 11.5. The maximum atomic E-state index is 13.0. The lowest BCUT2D eigenvalue weighted by molar-refractivity contribution is -0.142. The van der Waals surface area contributed by atoms with Crippen molar-refractivity contribution in [1.82, 2.24) is 14.8 Å². The average molecular weight is 335 g/mol. The first-order valence-corrected chi connectivity index (χ1v) is 8.02. The number of halogens is 3. The normalized spacial score (nSPS) is 17.1. The molecule has 2 aromatic rings. The number of benzene rings is 1. The lowest BCUT2D eigenvalue weighted by Crippen LogP contribution is -2.45. The van der Waals surface area contributed by atoms with Gasteiger partial charge >= 0.3 is 6.18 Å². The summed E-state index contributed by atoms with van der Waals surface area (Å²) in [7, 11) is 0. The maximum Gasteiger partial charge on any atom is 0.433 e. The Morgan fingerprint density at radius 2 is 1.46 bits per heavy atom. The summed E-state index contributed by atoms with van der Waals surface area (Å²) in [5, 5.41) is 0. The van der Waals surface area contributed by atoms with E-state index in [1.54, 1.807) is 6.07 Å². The van der Waals surface area contributed by atoms with Crippen molar-refractivity contribution >= 4 is 0 Å². The zero-order valence-corrected chi connectivity index (χ0v) is 13.3. The van der Waals surface area contributed by atoms with Gasteiger partial charge in [-0.2, -0.15) is 13.2 Å². The molecule has 0 aliphatic carbocycles. The van der Waals surface area contributed by atoms with E-state index in [1.165, 1.54) is 17.8 Å². The van der Waals surface area contributed by atoms with Gasteiger partial charge in [-0.05, 0) is 17.2 Å². The van der Waals surface area contributed by atoms with Gasteiger partial charge in [0, 0.05) is 45.5 Å². The number of nitrogens with zero attached hydrogens (tertiary/aromatic N) is 3. The highest BCUT2D eigenvalue weighted by Gasteiger charge is 2.35. The van der Waals surface area contributed by atoms with Gasteiger partial charge in [0.05, 0.1) is 0 Å². The summed E-state index contributed by atoms with van der Waals surface area (Å²) in [5.74, 6) is 0. The molecule has 128 valence electrons. The minimum absolute atomic E-state index is 0.251. The van der Waals surface area contributed by atoms with E-state index < -0.39 is 11.9 Å². The molecule has 3 rings (SSSR count). The number of hydrogen-bond acceptors (Lipinski definition) is 3. The van der Waals surface area contributed by atoms with E-state index in [0.717, 1.165) is 32.7 Å². The Bertz CT molecular complexity index is 650. The van der Waals surface area contributed by atoms with E-state index >= 15 is 0 Å². The van der Waals surface area contributed by atoms with Gasteiger partial charge in [-0.3, -0.25) is 14.8 Å². The number of hydrogen-bond donors (Lipinski definition) is 0. The van der Waals surface area contributed by atoms with Gasteiger partial charge in [0.15, 0.2) is 0 Å². The average Bonchev–Trinajstić information content (AvgIpc) is 2.57. The topological polar surface area (TPSA) is 19.4 Å². The molecule has 1 aromatic heterocycles. The van der Waals surface area contributed by atoms with Crippen LogP contribution in [0.3, 0.4) is 0 Å². The molecule has 0 N–H and O–H groups in total. The number of piperazine rings is 1. The third kappa shape index (κ3) is 4.33. The standard InChI is InChI=1S/C18H20F3N3/c19-18(20,21)17-16(7-4-8-22-17)14-24-11-9-23(10-12-24)13-15-5-2-1-3-6-15/h1-8H,9-14H2. The Hall–Kier alpha value is -1.92. The fraction of sp³-hybridized carbons (Fsp3) is 0.389. The highest BCUT2D eigenvalue weighted by atomic mass is 19.4. The number of pyridine rings is 1. The molecule has 0 saturated carbocycles. The highest BCUT2D eigenvalue weighted by Crippen LogP contribution is 2.30. The molecule has 6 heteroatoms. The molecule has 1 aliphatic heterocycles. The smallest absolute Gasteiger partial charge is 0.297 e. The summed E-state index contributed by atoms with van der Waals surface area (Å²) in [4.78, 5) is 7.92. The summed E-state index contributed by atoms with van der Waals surface area (Å²) in [5.41, 5.74) is 0.746. The van der Waals surface area contributed by atoms with Crippen molar-refractivity contribution in [2.45, 2.75) is 19.3 Å². The van der Waals surface area contributed by atoms with Crippen LogP contribution >= 0.6 is 0 Å². The second-order valence-corrected chi connectivity index (χ2v) is 6.05. The molecule has 24 heavy (non-hydrogen) atoms. The van der Waals surface area contributed by atoms with E-state index in [2.05, 4.69) is 26.9 Å². The Balaban J connectivity index is 1.56. The lowest BCUT2D eigenvalue weighted by atomic mass is 10.1. The molecule has 3 nitrogen and oxygen atoms in total. The Kier molecular flexibility index (Phi) is 5.16. The fourth-order valence-corrected chi connectivity index (χ4v) is 3.01. The van der Waals surface area contributed by atoms with Crippen molar-refractivity contribution in [3.05, 3.63) is 65.5 Å².